The minimum Gasteiger partial charge on any atom is -0.496 e. The molecule has 2 aromatic rings. The molecule has 0 unspecified atom stereocenters. The van der Waals surface area contributed by atoms with Gasteiger partial charge in [-0.15, -0.1) is 0 Å². The van der Waals surface area contributed by atoms with Gasteiger partial charge in [0.05, 0.1) is 7.11 Å². The molecule has 0 radical (unpaired) electrons. The predicted molar refractivity (Wildman–Crippen MR) is 126 cm³/mol. The lowest BCUT2D eigenvalue weighted by molar-refractivity contribution is 0.0954. The summed E-state index contributed by atoms with van der Waals surface area (Å²) in [6.07, 6.45) is 8.14. The number of benzene rings is 2. The van der Waals surface area contributed by atoms with Crippen molar-refractivity contribution in [3.05, 3.63) is 70.8 Å². The second kappa shape index (κ2) is 10.5. The van der Waals surface area contributed by atoms with Crippen LogP contribution in [0.15, 0.2) is 54.1 Å². The molecule has 0 heterocycles. The van der Waals surface area contributed by atoms with Crippen LogP contribution in [-0.2, 0) is 12.0 Å². The number of allylic oxidation sites excluding steroid dienone is 1. The van der Waals surface area contributed by atoms with Gasteiger partial charge in [0.15, 0.2) is 0 Å². The molecule has 0 fully saturated rings. The minimum absolute atomic E-state index is 0.0603. The lowest BCUT2D eigenvalue weighted by Gasteiger charge is -2.19. The molecule has 4 heteroatoms. The van der Waals surface area contributed by atoms with E-state index in [0.717, 1.165) is 29.9 Å². The highest BCUT2D eigenvalue weighted by Crippen LogP contribution is 2.26. The Morgan fingerprint density at radius 3 is 2.48 bits per heavy atom. The largest absolute Gasteiger partial charge is 0.496 e. The van der Waals surface area contributed by atoms with Gasteiger partial charge in [-0.1, -0.05) is 44.6 Å². The van der Waals surface area contributed by atoms with E-state index in [4.69, 9.17) is 9.47 Å². The number of methoxy groups -OCH3 is 1. The smallest absolute Gasteiger partial charge is 0.251 e. The van der Waals surface area contributed by atoms with Gasteiger partial charge in [-0.2, -0.15) is 0 Å². The maximum absolute atomic E-state index is 12.6. The van der Waals surface area contributed by atoms with E-state index in [1.165, 1.54) is 30.4 Å². The first-order valence-corrected chi connectivity index (χ1v) is 11.2. The average Bonchev–Trinajstić information content (AvgIpc) is 2.77. The molecule has 1 N–H and O–H groups in total. The molecule has 31 heavy (non-hydrogen) atoms. The Hall–Kier alpha value is -2.75. The third-order valence-corrected chi connectivity index (χ3v) is 5.77. The number of nitrogens with one attached hydrogen (secondary N) is 1. The second-order valence-corrected chi connectivity index (χ2v) is 9.20. The summed E-state index contributed by atoms with van der Waals surface area (Å²) in [6.45, 7) is 7.58. The van der Waals surface area contributed by atoms with Crippen molar-refractivity contribution in [2.24, 2.45) is 0 Å². The summed E-state index contributed by atoms with van der Waals surface area (Å²) in [4.78, 5) is 12.6. The third-order valence-electron chi connectivity index (χ3n) is 5.77. The molecule has 0 saturated heterocycles. The van der Waals surface area contributed by atoms with E-state index in [2.05, 4.69) is 44.3 Å². The zero-order chi connectivity index (χ0) is 22.3. The zero-order valence-electron chi connectivity index (χ0n) is 19.3. The van der Waals surface area contributed by atoms with Crippen molar-refractivity contribution >= 4 is 5.91 Å². The molecule has 0 saturated carbocycles. The summed E-state index contributed by atoms with van der Waals surface area (Å²) < 4.78 is 11.5. The molecule has 166 valence electrons. The normalized spacial score (nSPS) is 14.0. The molecular weight excluding hydrogens is 386 g/mol. The van der Waals surface area contributed by atoms with Gasteiger partial charge in [-0.25, -0.2) is 0 Å². The fraction of sp³-hybridized carbons (Fsp3) is 0.444. The number of carbonyl (C=O) groups is 1. The van der Waals surface area contributed by atoms with Crippen LogP contribution in [0.2, 0.25) is 0 Å². The molecule has 0 atom stereocenters. The first kappa shape index (κ1) is 22.9. The summed E-state index contributed by atoms with van der Waals surface area (Å²) in [5.41, 5.74) is 4.31. The summed E-state index contributed by atoms with van der Waals surface area (Å²) >= 11 is 0. The van der Waals surface area contributed by atoms with Crippen molar-refractivity contribution in [1.29, 1.82) is 0 Å². The molecule has 1 amide bonds. The van der Waals surface area contributed by atoms with E-state index in [0.29, 0.717) is 18.7 Å². The van der Waals surface area contributed by atoms with Crippen LogP contribution >= 0.6 is 0 Å². The number of carbonyl (C=O) groups excluding carboxylic acids is 1. The molecule has 0 spiro atoms. The van der Waals surface area contributed by atoms with Gasteiger partial charge in [0, 0.05) is 17.7 Å². The Bertz CT molecular complexity index is 907. The fourth-order valence-electron chi connectivity index (χ4n) is 3.82. The summed E-state index contributed by atoms with van der Waals surface area (Å²) in [7, 11) is 1.63. The van der Waals surface area contributed by atoms with Gasteiger partial charge in [0.2, 0.25) is 0 Å². The first-order valence-electron chi connectivity index (χ1n) is 11.2. The number of amides is 1. The van der Waals surface area contributed by atoms with E-state index >= 15 is 0 Å². The van der Waals surface area contributed by atoms with Crippen LogP contribution in [0.1, 0.15) is 74.4 Å². The number of hydrogen-bond acceptors (Lipinski definition) is 3. The van der Waals surface area contributed by atoms with E-state index in [9.17, 15) is 4.79 Å². The Kier molecular flexibility index (Phi) is 7.78. The number of ether oxygens (including phenoxy) is 2. The monoisotopic (exact) mass is 421 g/mol. The number of rotatable bonds is 8. The molecule has 1 aliphatic carbocycles. The highest BCUT2D eigenvalue weighted by atomic mass is 16.5. The molecular formula is C27H35NO3. The van der Waals surface area contributed by atoms with Gasteiger partial charge in [0.1, 0.15) is 18.1 Å². The van der Waals surface area contributed by atoms with Crippen LogP contribution < -0.4 is 14.8 Å². The van der Waals surface area contributed by atoms with E-state index in [1.54, 1.807) is 13.2 Å². The van der Waals surface area contributed by atoms with Crippen LogP contribution in [0.5, 0.6) is 11.5 Å². The van der Waals surface area contributed by atoms with Crippen LogP contribution in [-0.4, -0.2) is 19.6 Å². The molecule has 0 aromatic heterocycles. The van der Waals surface area contributed by atoms with Crippen molar-refractivity contribution in [1.82, 2.24) is 5.32 Å². The van der Waals surface area contributed by atoms with Crippen molar-refractivity contribution in [2.75, 3.05) is 13.7 Å². The van der Waals surface area contributed by atoms with Crippen molar-refractivity contribution in [2.45, 2.75) is 64.9 Å². The average molecular weight is 422 g/mol. The lowest BCUT2D eigenvalue weighted by Crippen LogP contribution is -2.25. The first-order chi connectivity index (χ1) is 14.9. The SMILES string of the molecule is COc1ccc(C(=O)NCCC2=CCCCC2)cc1COc1ccc(C(C)(C)C)cc1. The van der Waals surface area contributed by atoms with Crippen molar-refractivity contribution in [3.63, 3.8) is 0 Å². The Morgan fingerprint density at radius 2 is 1.84 bits per heavy atom. The Morgan fingerprint density at radius 1 is 1.06 bits per heavy atom. The number of hydrogen-bond donors (Lipinski definition) is 1. The second-order valence-electron chi connectivity index (χ2n) is 9.20. The minimum atomic E-state index is -0.0603. The van der Waals surface area contributed by atoms with Crippen LogP contribution in [0.3, 0.4) is 0 Å². The summed E-state index contributed by atoms with van der Waals surface area (Å²) in [5, 5.41) is 3.04. The molecule has 0 aliphatic heterocycles. The van der Waals surface area contributed by atoms with Gasteiger partial charge in [-0.3, -0.25) is 4.79 Å². The fourth-order valence-corrected chi connectivity index (χ4v) is 3.82. The molecule has 2 aromatic carbocycles. The lowest BCUT2D eigenvalue weighted by atomic mass is 9.87. The van der Waals surface area contributed by atoms with Crippen LogP contribution in [0, 0.1) is 0 Å². The van der Waals surface area contributed by atoms with E-state index in [-0.39, 0.29) is 11.3 Å². The predicted octanol–water partition coefficient (Wildman–Crippen LogP) is 6.19. The third kappa shape index (κ3) is 6.61. The maximum atomic E-state index is 12.6. The molecule has 4 nitrogen and oxygen atoms in total. The standard InChI is InChI=1S/C27H35NO3/c1-27(2,3)23-11-13-24(14-12-23)31-19-22-18-21(10-15-25(22)30-4)26(29)28-17-16-20-8-6-5-7-9-20/h8,10-15,18H,5-7,9,16-17,19H2,1-4H3,(H,28,29). The highest BCUT2D eigenvalue weighted by molar-refractivity contribution is 5.94. The molecule has 3 rings (SSSR count). The Balaban J connectivity index is 1.60. The van der Waals surface area contributed by atoms with Crippen LogP contribution in [0.4, 0.5) is 0 Å². The quantitative estimate of drug-likeness (QED) is 0.517. The van der Waals surface area contributed by atoms with E-state index < -0.39 is 0 Å². The van der Waals surface area contributed by atoms with Gasteiger partial charge >= 0.3 is 0 Å². The van der Waals surface area contributed by atoms with Gasteiger partial charge in [-0.05, 0) is 73.4 Å². The maximum Gasteiger partial charge on any atom is 0.251 e. The van der Waals surface area contributed by atoms with Gasteiger partial charge in [0.25, 0.3) is 5.91 Å². The van der Waals surface area contributed by atoms with Crippen molar-refractivity contribution < 1.29 is 14.3 Å². The summed E-state index contributed by atoms with van der Waals surface area (Å²) in [6, 6.07) is 13.7. The van der Waals surface area contributed by atoms with E-state index in [1.807, 2.05) is 24.3 Å². The van der Waals surface area contributed by atoms with Crippen molar-refractivity contribution in [3.8, 4) is 11.5 Å². The van der Waals surface area contributed by atoms with Gasteiger partial charge < -0.3 is 14.8 Å². The van der Waals surface area contributed by atoms with Crippen LogP contribution in [0.25, 0.3) is 0 Å². The Labute approximate surface area is 186 Å². The zero-order valence-corrected chi connectivity index (χ0v) is 19.3. The molecule has 1 aliphatic rings. The highest BCUT2D eigenvalue weighted by Gasteiger charge is 2.14. The summed E-state index contributed by atoms with van der Waals surface area (Å²) in [5.74, 6) is 1.45. The molecule has 0 bridgehead atoms. The topological polar surface area (TPSA) is 47.6 Å².